The molecular formula is C10H9F3N2O. The summed E-state index contributed by atoms with van der Waals surface area (Å²) in [7, 11) is 0. The van der Waals surface area contributed by atoms with Crippen LogP contribution in [0.4, 0.5) is 13.2 Å². The topological polar surface area (TPSA) is 45.9 Å². The molecule has 0 aromatic carbocycles. The van der Waals surface area contributed by atoms with Gasteiger partial charge in [-0.3, -0.25) is 0 Å². The van der Waals surface area contributed by atoms with E-state index in [1.807, 2.05) is 6.07 Å². The van der Waals surface area contributed by atoms with E-state index in [0.717, 1.165) is 0 Å². The monoisotopic (exact) mass is 230 g/mol. The maximum Gasteiger partial charge on any atom is 0.389 e. The zero-order valence-electron chi connectivity index (χ0n) is 8.29. The van der Waals surface area contributed by atoms with Crippen molar-refractivity contribution in [3.05, 3.63) is 24.0 Å². The van der Waals surface area contributed by atoms with Gasteiger partial charge in [-0.05, 0) is 12.5 Å². The lowest BCUT2D eigenvalue weighted by Crippen LogP contribution is -2.09. The van der Waals surface area contributed by atoms with E-state index in [-0.39, 0.29) is 18.7 Å². The maximum absolute atomic E-state index is 11.8. The number of nitriles is 1. The Hall–Kier alpha value is -1.77. The average molecular weight is 230 g/mol. The minimum atomic E-state index is -4.15. The van der Waals surface area contributed by atoms with Gasteiger partial charge in [-0.15, -0.1) is 0 Å². The molecule has 0 unspecified atom stereocenters. The highest BCUT2D eigenvalue weighted by Crippen LogP contribution is 2.21. The summed E-state index contributed by atoms with van der Waals surface area (Å²) in [6.45, 7) is -0.0333. The Morgan fingerprint density at radius 1 is 1.44 bits per heavy atom. The van der Waals surface area contributed by atoms with E-state index < -0.39 is 12.6 Å². The average Bonchev–Trinajstić information content (AvgIpc) is 2.23. The van der Waals surface area contributed by atoms with Crippen LogP contribution in [0.25, 0.3) is 0 Å². The first kappa shape index (κ1) is 12.3. The van der Waals surface area contributed by atoms with Gasteiger partial charge in [0.25, 0.3) is 0 Å². The van der Waals surface area contributed by atoms with Crippen molar-refractivity contribution in [2.45, 2.75) is 19.0 Å². The number of hydrogen-bond acceptors (Lipinski definition) is 3. The summed E-state index contributed by atoms with van der Waals surface area (Å²) in [4.78, 5) is 3.70. The normalized spacial score (nSPS) is 10.9. The Morgan fingerprint density at radius 3 is 2.81 bits per heavy atom. The van der Waals surface area contributed by atoms with Crippen LogP contribution in [0.1, 0.15) is 18.5 Å². The number of alkyl halides is 3. The molecule has 6 heteroatoms. The van der Waals surface area contributed by atoms with Gasteiger partial charge in [0.15, 0.2) is 0 Å². The Balaban J connectivity index is 2.35. The minimum absolute atomic E-state index is 0.0333. The molecule has 0 aliphatic heterocycles. The SMILES string of the molecule is N#Cc1cc(OCCCC(F)(F)F)ccn1. The fourth-order valence-electron chi connectivity index (χ4n) is 1.02. The van der Waals surface area contributed by atoms with Gasteiger partial charge < -0.3 is 4.74 Å². The Labute approximate surface area is 90.5 Å². The molecule has 0 saturated heterocycles. The maximum atomic E-state index is 11.8. The van der Waals surface area contributed by atoms with Gasteiger partial charge in [-0.1, -0.05) is 0 Å². The molecule has 16 heavy (non-hydrogen) atoms. The van der Waals surface area contributed by atoms with E-state index in [1.165, 1.54) is 18.3 Å². The zero-order chi connectivity index (χ0) is 12.0. The summed E-state index contributed by atoms with van der Waals surface area (Å²) in [5.41, 5.74) is 0.174. The molecule has 1 aromatic heterocycles. The first-order valence-electron chi connectivity index (χ1n) is 4.57. The number of halogens is 3. The molecule has 1 aromatic rings. The number of pyridine rings is 1. The quantitative estimate of drug-likeness (QED) is 0.747. The van der Waals surface area contributed by atoms with Gasteiger partial charge in [-0.2, -0.15) is 18.4 Å². The van der Waals surface area contributed by atoms with Crippen LogP contribution in [0.2, 0.25) is 0 Å². The Kier molecular flexibility index (Phi) is 4.11. The van der Waals surface area contributed by atoms with Gasteiger partial charge in [0.1, 0.15) is 17.5 Å². The van der Waals surface area contributed by atoms with Crippen LogP contribution in [-0.4, -0.2) is 17.8 Å². The highest BCUT2D eigenvalue weighted by Gasteiger charge is 2.26. The largest absolute Gasteiger partial charge is 0.493 e. The smallest absolute Gasteiger partial charge is 0.389 e. The zero-order valence-corrected chi connectivity index (χ0v) is 8.29. The van der Waals surface area contributed by atoms with Crippen LogP contribution in [0.3, 0.4) is 0 Å². The van der Waals surface area contributed by atoms with Crippen molar-refractivity contribution in [1.82, 2.24) is 4.98 Å². The predicted molar refractivity (Wildman–Crippen MR) is 49.7 cm³/mol. The summed E-state index contributed by atoms with van der Waals surface area (Å²) in [6.07, 6.45) is -3.76. The van der Waals surface area contributed by atoms with Crippen LogP contribution in [0.15, 0.2) is 18.3 Å². The summed E-state index contributed by atoms with van der Waals surface area (Å²) in [5.74, 6) is 0.355. The molecule has 0 aliphatic rings. The van der Waals surface area contributed by atoms with E-state index in [2.05, 4.69) is 4.98 Å². The second-order valence-corrected chi connectivity index (χ2v) is 3.06. The van der Waals surface area contributed by atoms with E-state index >= 15 is 0 Å². The number of nitrogens with zero attached hydrogens (tertiary/aromatic N) is 2. The third-order valence-corrected chi connectivity index (χ3v) is 1.72. The highest BCUT2D eigenvalue weighted by atomic mass is 19.4. The molecule has 0 saturated carbocycles. The number of hydrogen-bond donors (Lipinski definition) is 0. The van der Waals surface area contributed by atoms with Gasteiger partial charge in [0.2, 0.25) is 0 Å². The number of aromatic nitrogens is 1. The lowest BCUT2D eigenvalue weighted by molar-refractivity contribution is -0.136. The highest BCUT2D eigenvalue weighted by molar-refractivity contribution is 5.29. The lowest BCUT2D eigenvalue weighted by atomic mass is 10.3. The molecule has 1 heterocycles. The second-order valence-electron chi connectivity index (χ2n) is 3.06. The van der Waals surface area contributed by atoms with Crippen LogP contribution < -0.4 is 4.74 Å². The first-order valence-corrected chi connectivity index (χ1v) is 4.57. The molecule has 0 bridgehead atoms. The molecular weight excluding hydrogens is 221 g/mol. The van der Waals surface area contributed by atoms with Crippen molar-refractivity contribution in [1.29, 1.82) is 5.26 Å². The molecule has 0 fully saturated rings. The fraction of sp³-hybridized carbons (Fsp3) is 0.400. The van der Waals surface area contributed by atoms with Crippen molar-refractivity contribution >= 4 is 0 Å². The van der Waals surface area contributed by atoms with Gasteiger partial charge in [-0.25, -0.2) is 4.98 Å². The summed E-state index contributed by atoms with van der Waals surface area (Å²) in [6, 6.07) is 4.69. The first-order chi connectivity index (χ1) is 7.51. The van der Waals surface area contributed by atoms with Crippen LogP contribution in [0, 0.1) is 11.3 Å². The van der Waals surface area contributed by atoms with Gasteiger partial charge in [0, 0.05) is 18.7 Å². The van der Waals surface area contributed by atoms with Gasteiger partial charge in [0.05, 0.1) is 6.61 Å². The number of rotatable bonds is 4. The van der Waals surface area contributed by atoms with Crippen LogP contribution >= 0.6 is 0 Å². The third-order valence-electron chi connectivity index (χ3n) is 1.72. The van der Waals surface area contributed by atoms with E-state index in [1.54, 1.807) is 0 Å². The van der Waals surface area contributed by atoms with E-state index in [0.29, 0.717) is 5.75 Å². The molecule has 1 rings (SSSR count). The molecule has 0 aliphatic carbocycles. The standard InChI is InChI=1S/C10H9F3N2O/c11-10(12,13)3-1-5-16-9-2-4-15-8(6-9)7-14/h2,4,6H,1,3,5H2. The van der Waals surface area contributed by atoms with Crippen LogP contribution in [-0.2, 0) is 0 Å². The Bertz CT molecular complexity index is 384. The fourth-order valence-corrected chi connectivity index (χ4v) is 1.02. The molecule has 0 atom stereocenters. The molecule has 0 spiro atoms. The van der Waals surface area contributed by atoms with Crippen molar-refractivity contribution in [3.63, 3.8) is 0 Å². The van der Waals surface area contributed by atoms with Crippen molar-refractivity contribution in [3.8, 4) is 11.8 Å². The second kappa shape index (κ2) is 5.35. The molecule has 86 valence electrons. The summed E-state index contributed by atoms with van der Waals surface area (Å²) >= 11 is 0. The van der Waals surface area contributed by atoms with Gasteiger partial charge >= 0.3 is 6.18 Å². The summed E-state index contributed by atoms with van der Waals surface area (Å²) < 4.78 is 40.4. The van der Waals surface area contributed by atoms with Crippen molar-refractivity contribution < 1.29 is 17.9 Å². The Morgan fingerprint density at radius 2 is 2.19 bits per heavy atom. The van der Waals surface area contributed by atoms with E-state index in [4.69, 9.17) is 10.00 Å². The van der Waals surface area contributed by atoms with Crippen LogP contribution in [0.5, 0.6) is 5.75 Å². The van der Waals surface area contributed by atoms with Crippen molar-refractivity contribution in [2.24, 2.45) is 0 Å². The summed E-state index contributed by atoms with van der Waals surface area (Å²) in [5, 5.41) is 8.52. The minimum Gasteiger partial charge on any atom is -0.493 e. The molecule has 0 amide bonds. The third kappa shape index (κ3) is 4.64. The predicted octanol–water partition coefficient (Wildman–Crippen LogP) is 2.67. The lowest BCUT2D eigenvalue weighted by Gasteiger charge is -2.07. The molecule has 3 nitrogen and oxygen atoms in total. The molecule has 0 radical (unpaired) electrons. The van der Waals surface area contributed by atoms with Crippen molar-refractivity contribution in [2.75, 3.05) is 6.61 Å². The number of ether oxygens (including phenoxy) is 1. The molecule has 0 N–H and O–H groups in total. The van der Waals surface area contributed by atoms with E-state index in [9.17, 15) is 13.2 Å².